The summed E-state index contributed by atoms with van der Waals surface area (Å²) in [4.78, 5) is 0. The van der Waals surface area contributed by atoms with E-state index in [4.69, 9.17) is 16.3 Å². The van der Waals surface area contributed by atoms with Gasteiger partial charge in [-0.2, -0.15) is 0 Å². The second kappa shape index (κ2) is 6.86. The summed E-state index contributed by atoms with van der Waals surface area (Å²) >= 11 is 6.22. The minimum atomic E-state index is 0.179. The number of benzene rings is 1. The van der Waals surface area contributed by atoms with Crippen LogP contribution in [-0.4, -0.2) is 18.6 Å². The molecule has 1 atom stereocenters. The van der Waals surface area contributed by atoms with Gasteiger partial charge >= 0.3 is 0 Å². The first-order chi connectivity index (χ1) is 7.22. The van der Waals surface area contributed by atoms with Crippen molar-refractivity contribution < 1.29 is 4.74 Å². The number of ether oxygens (including phenoxy) is 1. The first-order valence-electron chi connectivity index (χ1n) is 5.49. The van der Waals surface area contributed by atoms with Crippen molar-refractivity contribution in [2.75, 3.05) is 13.2 Å². The molecule has 0 bridgehead atoms. The molecular formula is C13H19ClO. The van der Waals surface area contributed by atoms with Crippen LogP contribution in [0.3, 0.4) is 0 Å². The zero-order chi connectivity index (χ0) is 11.1. The number of rotatable bonds is 6. The van der Waals surface area contributed by atoms with E-state index in [2.05, 4.69) is 31.2 Å². The molecule has 0 amide bonds. The molecule has 1 nitrogen and oxygen atoms in total. The molecule has 1 aromatic rings. The highest BCUT2D eigenvalue weighted by atomic mass is 35.5. The highest BCUT2D eigenvalue weighted by molar-refractivity contribution is 6.20. The van der Waals surface area contributed by atoms with E-state index in [0.29, 0.717) is 0 Å². The van der Waals surface area contributed by atoms with Crippen LogP contribution in [-0.2, 0) is 11.2 Å². The summed E-state index contributed by atoms with van der Waals surface area (Å²) in [5.74, 6) is 0. The van der Waals surface area contributed by atoms with Crippen molar-refractivity contribution in [1.29, 1.82) is 0 Å². The number of aryl methyl sites for hydroxylation is 1. The lowest BCUT2D eigenvalue weighted by molar-refractivity contribution is 0.144. The Balaban J connectivity index is 2.34. The lowest BCUT2D eigenvalue weighted by atomic mass is 10.1. The number of halogens is 1. The zero-order valence-corrected chi connectivity index (χ0v) is 10.3. The molecule has 1 rings (SSSR count). The van der Waals surface area contributed by atoms with Crippen molar-refractivity contribution in [3.8, 4) is 0 Å². The molecule has 1 unspecified atom stereocenters. The second-order valence-corrected chi connectivity index (χ2v) is 4.39. The molecule has 0 spiro atoms. The van der Waals surface area contributed by atoms with Gasteiger partial charge < -0.3 is 4.74 Å². The molecule has 0 saturated heterocycles. The molecule has 0 radical (unpaired) electrons. The molecule has 0 N–H and O–H groups in total. The Labute approximate surface area is 97.4 Å². The van der Waals surface area contributed by atoms with Crippen LogP contribution < -0.4 is 0 Å². The van der Waals surface area contributed by atoms with Gasteiger partial charge in [-0.25, -0.2) is 0 Å². The fourth-order valence-corrected chi connectivity index (χ4v) is 1.82. The van der Waals surface area contributed by atoms with E-state index in [0.717, 1.165) is 26.1 Å². The van der Waals surface area contributed by atoms with Crippen LogP contribution in [0, 0.1) is 6.92 Å². The highest BCUT2D eigenvalue weighted by Crippen LogP contribution is 2.12. The topological polar surface area (TPSA) is 9.23 Å². The van der Waals surface area contributed by atoms with Crippen LogP contribution in [0.25, 0.3) is 0 Å². The molecular weight excluding hydrogens is 208 g/mol. The average molecular weight is 227 g/mol. The van der Waals surface area contributed by atoms with Gasteiger partial charge in [0.2, 0.25) is 0 Å². The summed E-state index contributed by atoms with van der Waals surface area (Å²) in [6.07, 6.45) is 1.85. The normalized spacial score (nSPS) is 12.7. The third-order valence-corrected chi connectivity index (χ3v) is 2.69. The van der Waals surface area contributed by atoms with Crippen LogP contribution in [0.1, 0.15) is 24.5 Å². The molecule has 0 aliphatic carbocycles. The van der Waals surface area contributed by atoms with Gasteiger partial charge in [0.1, 0.15) is 0 Å². The van der Waals surface area contributed by atoms with Gasteiger partial charge in [0.15, 0.2) is 0 Å². The van der Waals surface area contributed by atoms with Crippen LogP contribution >= 0.6 is 11.6 Å². The van der Waals surface area contributed by atoms with Crippen molar-refractivity contribution >= 4 is 11.6 Å². The minimum Gasteiger partial charge on any atom is -0.382 e. The first kappa shape index (κ1) is 12.5. The van der Waals surface area contributed by atoms with Crippen molar-refractivity contribution in [2.45, 2.75) is 32.1 Å². The Morgan fingerprint density at radius 3 is 2.87 bits per heavy atom. The van der Waals surface area contributed by atoms with Crippen LogP contribution in [0.15, 0.2) is 24.3 Å². The summed E-state index contributed by atoms with van der Waals surface area (Å²) in [6.45, 7) is 5.64. The van der Waals surface area contributed by atoms with Crippen LogP contribution in [0.5, 0.6) is 0 Å². The third-order valence-electron chi connectivity index (χ3n) is 2.32. The largest absolute Gasteiger partial charge is 0.382 e. The summed E-state index contributed by atoms with van der Waals surface area (Å²) < 4.78 is 5.28. The molecule has 0 aliphatic rings. The predicted octanol–water partition coefficient (Wildman–Crippen LogP) is 3.57. The molecule has 0 fully saturated rings. The summed E-state index contributed by atoms with van der Waals surface area (Å²) in [6, 6.07) is 8.50. The van der Waals surface area contributed by atoms with E-state index in [1.807, 2.05) is 6.92 Å². The van der Waals surface area contributed by atoms with Crippen LogP contribution in [0.2, 0.25) is 0 Å². The quantitative estimate of drug-likeness (QED) is 0.532. The van der Waals surface area contributed by atoms with Crippen LogP contribution in [0.4, 0.5) is 0 Å². The maximum absolute atomic E-state index is 6.22. The standard InChI is InChI=1S/C13H19ClO/c1-3-15-8-7-13(14)10-12-6-4-5-11(2)9-12/h4-6,9,13H,3,7-8,10H2,1-2H3. The van der Waals surface area contributed by atoms with Gasteiger partial charge in [0.25, 0.3) is 0 Å². The highest BCUT2D eigenvalue weighted by Gasteiger charge is 2.05. The lowest BCUT2D eigenvalue weighted by Crippen LogP contribution is -2.08. The van der Waals surface area contributed by atoms with Crippen molar-refractivity contribution in [1.82, 2.24) is 0 Å². The van der Waals surface area contributed by atoms with Gasteiger partial charge in [0.05, 0.1) is 0 Å². The van der Waals surface area contributed by atoms with Crippen molar-refractivity contribution in [3.05, 3.63) is 35.4 Å². The Hall–Kier alpha value is -0.530. The van der Waals surface area contributed by atoms with E-state index in [-0.39, 0.29) is 5.38 Å². The SMILES string of the molecule is CCOCCC(Cl)Cc1cccc(C)c1. The van der Waals surface area contributed by atoms with Gasteiger partial charge in [-0.05, 0) is 32.3 Å². The van der Waals surface area contributed by atoms with Gasteiger partial charge in [-0.15, -0.1) is 11.6 Å². The molecule has 0 heterocycles. The number of alkyl halides is 1. The Kier molecular flexibility index (Phi) is 5.74. The molecule has 2 heteroatoms. The maximum Gasteiger partial charge on any atom is 0.0480 e. The fraction of sp³-hybridized carbons (Fsp3) is 0.538. The van der Waals surface area contributed by atoms with Gasteiger partial charge in [-0.3, -0.25) is 0 Å². The molecule has 0 saturated carbocycles. The zero-order valence-electron chi connectivity index (χ0n) is 9.50. The Morgan fingerprint density at radius 2 is 2.20 bits per heavy atom. The molecule has 0 aromatic heterocycles. The van der Waals surface area contributed by atoms with E-state index in [1.54, 1.807) is 0 Å². The van der Waals surface area contributed by atoms with Crippen molar-refractivity contribution in [3.63, 3.8) is 0 Å². The summed E-state index contributed by atoms with van der Waals surface area (Å²) in [7, 11) is 0. The van der Waals surface area contributed by atoms with E-state index in [9.17, 15) is 0 Å². The fourth-order valence-electron chi connectivity index (χ4n) is 1.55. The smallest absolute Gasteiger partial charge is 0.0480 e. The Morgan fingerprint density at radius 1 is 1.40 bits per heavy atom. The molecule has 15 heavy (non-hydrogen) atoms. The van der Waals surface area contributed by atoms with E-state index < -0.39 is 0 Å². The van der Waals surface area contributed by atoms with Crippen molar-refractivity contribution in [2.24, 2.45) is 0 Å². The third kappa shape index (κ3) is 5.19. The van der Waals surface area contributed by atoms with Gasteiger partial charge in [-0.1, -0.05) is 29.8 Å². The minimum absolute atomic E-state index is 0.179. The maximum atomic E-state index is 6.22. The first-order valence-corrected chi connectivity index (χ1v) is 5.93. The number of hydrogen-bond donors (Lipinski definition) is 0. The van der Waals surface area contributed by atoms with Gasteiger partial charge in [0, 0.05) is 18.6 Å². The number of hydrogen-bond acceptors (Lipinski definition) is 1. The average Bonchev–Trinajstić information content (AvgIpc) is 2.18. The monoisotopic (exact) mass is 226 g/mol. The molecule has 1 aromatic carbocycles. The second-order valence-electron chi connectivity index (χ2n) is 3.78. The summed E-state index contributed by atoms with van der Waals surface area (Å²) in [5, 5.41) is 0.179. The predicted molar refractivity (Wildman–Crippen MR) is 65.6 cm³/mol. The van der Waals surface area contributed by atoms with E-state index in [1.165, 1.54) is 11.1 Å². The lowest BCUT2D eigenvalue weighted by Gasteiger charge is -2.09. The molecule has 84 valence electrons. The van der Waals surface area contributed by atoms with E-state index >= 15 is 0 Å². The molecule has 0 aliphatic heterocycles. The Bertz CT molecular complexity index is 286. The summed E-state index contributed by atoms with van der Waals surface area (Å²) in [5.41, 5.74) is 2.60.